The van der Waals surface area contributed by atoms with Crippen LogP contribution >= 0.6 is 0 Å². The zero-order valence-corrected chi connectivity index (χ0v) is 10.2. The highest BCUT2D eigenvalue weighted by atomic mass is 16.5. The molecule has 4 nitrogen and oxygen atoms in total. The van der Waals surface area contributed by atoms with E-state index in [0.29, 0.717) is 23.1 Å². The van der Waals surface area contributed by atoms with Gasteiger partial charge in [0.1, 0.15) is 0 Å². The Morgan fingerprint density at radius 2 is 2.28 bits per heavy atom. The predicted octanol–water partition coefficient (Wildman–Crippen LogP) is 2.72. The minimum absolute atomic E-state index is 0.141. The Kier molecular flexibility index (Phi) is 2.70. The maximum atomic E-state index is 12.0. The first kappa shape index (κ1) is 11.1. The van der Waals surface area contributed by atoms with Gasteiger partial charge in [-0.1, -0.05) is 12.1 Å². The summed E-state index contributed by atoms with van der Waals surface area (Å²) in [6.45, 7) is 0. The van der Waals surface area contributed by atoms with E-state index in [4.69, 9.17) is 9.15 Å². The molecule has 2 aromatic rings. The molecule has 1 aliphatic rings. The van der Waals surface area contributed by atoms with Crippen molar-refractivity contribution in [3.63, 3.8) is 0 Å². The topological polar surface area (TPSA) is 51.5 Å². The minimum Gasteiger partial charge on any atom is -0.493 e. The number of fused-ring (bicyclic) bond motifs is 1. The highest BCUT2D eigenvalue weighted by molar-refractivity contribution is 5.97. The maximum absolute atomic E-state index is 12.0. The smallest absolute Gasteiger partial charge is 0.287 e. The summed E-state index contributed by atoms with van der Waals surface area (Å²) in [4.78, 5) is 12.0. The van der Waals surface area contributed by atoms with Crippen molar-refractivity contribution in [2.24, 2.45) is 0 Å². The molecule has 1 aliphatic carbocycles. The maximum Gasteiger partial charge on any atom is 0.287 e. The lowest BCUT2D eigenvalue weighted by molar-refractivity contribution is 0.0890. The Hall–Kier alpha value is -1.97. The number of para-hydroxylation sites is 1. The lowest BCUT2D eigenvalue weighted by Gasteiger charge is -2.25. The summed E-state index contributed by atoms with van der Waals surface area (Å²) in [5, 5.41) is 3.84. The van der Waals surface area contributed by atoms with Gasteiger partial charge < -0.3 is 14.5 Å². The predicted molar refractivity (Wildman–Crippen MR) is 67.9 cm³/mol. The third-order valence-electron chi connectivity index (χ3n) is 3.39. The molecule has 1 aromatic heterocycles. The molecule has 1 heterocycles. The van der Waals surface area contributed by atoms with E-state index in [2.05, 4.69) is 5.32 Å². The summed E-state index contributed by atoms with van der Waals surface area (Å²) in [6, 6.07) is 7.67. The summed E-state index contributed by atoms with van der Waals surface area (Å²) in [5.41, 5.74) is 0.624. The van der Waals surface area contributed by atoms with E-state index in [1.165, 1.54) is 6.42 Å². The first-order valence-corrected chi connectivity index (χ1v) is 6.15. The first-order chi connectivity index (χ1) is 8.78. The number of ether oxygens (including phenoxy) is 1. The molecule has 1 N–H and O–H groups in total. The van der Waals surface area contributed by atoms with E-state index in [-0.39, 0.29) is 5.91 Å². The summed E-state index contributed by atoms with van der Waals surface area (Å²) in [5.74, 6) is 0.856. The zero-order valence-electron chi connectivity index (χ0n) is 10.2. The average Bonchev–Trinajstić information content (AvgIpc) is 2.77. The standard InChI is InChI=1S/C14H15NO3/c1-17-11-7-2-4-9-8-12(18-13(9)11)14(16)15-10-5-3-6-10/h2,4,7-8,10H,3,5-6H2,1H3,(H,15,16). The Morgan fingerprint density at radius 1 is 1.44 bits per heavy atom. The van der Waals surface area contributed by atoms with Crippen LogP contribution in [0.5, 0.6) is 5.75 Å². The second-order valence-electron chi connectivity index (χ2n) is 4.59. The van der Waals surface area contributed by atoms with E-state index < -0.39 is 0 Å². The van der Waals surface area contributed by atoms with Crippen molar-refractivity contribution >= 4 is 16.9 Å². The molecule has 0 bridgehead atoms. The van der Waals surface area contributed by atoms with Crippen LogP contribution in [-0.2, 0) is 0 Å². The van der Waals surface area contributed by atoms with Crippen LogP contribution < -0.4 is 10.1 Å². The van der Waals surface area contributed by atoms with E-state index >= 15 is 0 Å². The van der Waals surface area contributed by atoms with E-state index in [1.807, 2.05) is 18.2 Å². The minimum atomic E-state index is -0.141. The number of nitrogens with one attached hydrogen (secondary N) is 1. The van der Waals surface area contributed by atoms with Gasteiger partial charge in [-0.15, -0.1) is 0 Å². The molecule has 0 atom stereocenters. The fourth-order valence-corrected chi connectivity index (χ4v) is 2.12. The third-order valence-corrected chi connectivity index (χ3v) is 3.39. The van der Waals surface area contributed by atoms with Gasteiger partial charge in [0.15, 0.2) is 17.1 Å². The number of hydrogen-bond donors (Lipinski definition) is 1. The second kappa shape index (κ2) is 4.37. The van der Waals surface area contributed by atoms with Gasteiger partial charge in [-0.05, 0) is 31.4 Å². The van der Waals surface area contributed by atoms with Gasteiger partial charge >= 0.3 is 0 Å². The Bertz CT molecular complexity index is 584. The van der Waals surface area contributed by atoms with Crippen molar-refractivity contribution < 1.29 is 13.9 Å². The number of amides is 1. The van der Waals surface area contributed by atoms with E-state index in [0.717, 1.165) is 18.2 Å². The van der Waals surface area contributed by atoms with Gasteiger partial charge in [0.25, 0.3) is 5.91 Å². The van der Waals surface area contributed by atoms with Crippen molar-refractivity contribution in [1.82, 2.24) is 5.32 Å². The number of hydrogen-bond acceptors (Lipinski definition) is 3. The number of rotatable bonds is 3. The van der Waals surface area contributed by atoms with Crippen molar-refractivity contribution in [2.45, 2.75) is 25.3 Å². The third kappa shape index (κ3) is 1.83. The molecule has 0 unspecified atom stereocenters. The molecule has 0 aliphatic heterocycles. The second-order valence-corrected chi connectivity index (χ2v) is 4.59. The zero-order chi connectivity index (χ0) is 12.5. The van der Waals surface area contributed by atoms with Crippen molar-refractivity contribution in [3.05, 3.63) is 30.0 Å². The van der Waals surface area contributed by atoms with Crippen LogP contribution in [0.15, 0.2) is 28.7 Å². The molecular weight excluding hydrogens is 230 g/mol. The molecule has 1 amide bonds. The highest BCUT2D eigenvalue weighted by Crippen LogP contribution is 2.28. The van der Waals surface area contributed by atoms with Gasteiger partial charge in [-0.2, -0.15) is 0 Å². The molecular formula is C14H15NO3. The van der Waals surface area contributed by atoms with Gasteiger partial charge in [-0.25, -0.2) is 0 Å². The van der Waals surface area contributed by atoms with E-state index in [1.54, 1.807) is 13.2 Å². The summed E-state index contributed by atoms with van der Waals surface area (Å²) >= 11 is 0. The van der Waals surface area contributed by atoms with Crippen LogP contribution in [0.3, 0.4) is 0 Å². The van der Waals surface area contributed by atoms with Crippen LogP contribution in [0, 0.1) is 0 Å². The average molecular weight is 245 g/mol. The van der Waals surface area contributed by atoms with Crippen molar-refractivity contribution in [1.29, 1.82) is 0 Å². The molecule has 94 valence electrons. The number of methoxy groups -OCH3 is 1. The summed E-state index contributed by atoms with van der Waals surface area (Å²) < 4.78 is 10.8. The number of benzene rings is 1. The molecule has 18 heavy (non-hydrogen) atoms. The quantitative estimate of drug-likeness (QED) is 0.904. The molecule has 0 radical (unpaired) electrons. The van der Waals surface area contributed by atoms with Crippen LogP contribution in [0.4, 0.5) is 0 Å². The molecule has 1 aromatic carbocycles. The lowest BCUT2D eigenvalue weighted by atomic mass is 9.93. The SMILES string of the molecule is COc1cccc2cc(C(=O)NC3CCC3)oc12. The monoisotopic (exact) mass is 245 g/mol. The summed E-state index contributed by atoms with van der Waals surface area (Å²) in [7, 11) is 1.59. The normalized spacial score (nSPS) is 15.4. The number of carbonyl (C=O) groups excluding carboxylic acids is 1. The van der Waals surface area contributed by atoms with E-state index in [9.17, 15) is 4.79 Å². The Labute approximate surface area is 105 Å². The summed E-state index contributed by atoms with van der Waals surface area (Å²) in [6.07, 6.45) is 3.32. The molecule has 0 spiro atoms. The van der Waals surface area contributed by atoms with Crippen molar-refractivity contribution in [3.8, 4) is 5.75 Å². The Morgan fingerprint density at radius 3 is 2.94 bits per heavy atom. The largest absolute Gasteiger partial charge is 0.493 e. The van der Waals surface area contributed by atoms with Crippen LogP contribution in [0.25, 0.3) is 11.0 Å². The fraction of sp³-hybridized carbons (Fsp3) is 0.357. The number of furan rings is 1. The number of carbonyl (C=O) groups is 1. The van der Waals surface area contributed by atoms with Gasteiger partial charge in [-0.3, -0.25) is 4.79 Å². The first-order valence-electron chi connectivity index (χ1n) is 6.15. The van der Waals surface area contributed by atoms with Crippen molar-refractivity contribution in [2.75, 3.05) is 7.11 Å². The van der Waals surface area contributed by atoms with Gasteiger partial charge in [0.05, 0.1) is 7.11 Å². The molecule has 1 saturated carbocycles. The van der Waals surface area contributed by atoms with Crippen LogP contribution in [-0.4, -0.2) is 19.1 Å². The Balaban J connectivity index is 1.90. The van der Waals surface area contributed by atoms with Gasteiger partial charge in [0, 0.05) is 11.4 Å². The van der Waals surface area contributed by atoms with Gasteiger partial charge in [0.2, 0.25) is 0 Å². The molecule has 1 fully saturated rings. The van der Waals surface area contributed by atoms with Crippen LogP contribution in [0.2, 0.25) is 0 Å². The molecule has 3 rings (SSSR count). The molecule has 4 heteroatoms. The fourth-order valence-electron chi connectivity index (χ4n) is 2.12. The highest BCUT2D eigenvalue weighted by Gasteiger charge is 2.22. The van der Waals surface area contributed by atoms with Crippen LogP contribution in [0.1, 0.15) is 29.8 Å². The molecule has 0 saturated heterocycles. The lowest BCUT2D eigenvalue weighted by Crippen LogP contribution is -2.39.